The van der Waals surface area contributed by atoms with Gasteiger partial charge in [-0.1, -0.05) is 6.92 Å². The van der Waals surface area contributed by atoms with Gasteiger partial charge >= 0.3 is 5.97 Å². The van der Waals surface area contributed by atoms with E-state index in [0.717, 1.165) is 12.8 Å². The molecule has 0 bridgehead atoms. The molecule has 86 valence electrons. The number of hydrogen-bond acceptors (Lipinski definition) is 3. The summed E-state index contributed by atoms with van der Waals surface area (Å²) in [6.45, 7) is 1.65. The van der Waals surface area contributed by atoms with Crippen LogP contribution in [0.4, 0.5) is 0 Å². The maximum Gasteiger partial charge on any atom is 0.319 e. The van der Waals surface area contributed by atoms with Crippen molar-refractivity contribution >= 4 is 22.7 Å². The molecule has 2 N–H and O–H groups in total. The van der Waals surface area contributed by atoms with Gasteiger partial charge < -0.3 is 10.4 Å². The Labute approximate surface area is 90.7 Å². The van der Waals surface area contributed by atoms with Crippen LogP contribution < -0.4 is 5.32 Å². The SMILES string of the molecule is CCC(C(=O)O)S(=O)CC(=O)NC1CC1. The number of carboxylic acids is 1. The van der Waals surface area contributed by atoms with Crippen LogP contribution in [0.2, 0.25) is 0 Å². The summed E-state index contributed by atoms with van der Waals surface area (Å²) in [6.07, 6.45) is 2.21. The molecule has 6 heteroatoms. The number of hydrogen-bond donors (Lipinski definition) is 2. The molecule has 1 rings (SSSR count). The number of carboxylic acid groups (broad SMARTS) is 1. The summed E-state index contributed by atoms with van der Waals surface area (Å²) >= 11 is 0. The molecule has 0 aliphatic heterocycles. The summed E-state index contributed by atoms with van der Waals surface area (Å²) in [6, 6.07) is 0.222. The Morgan fingerprint density at radius 2 is 2.13 bits per heavy atom. The van der Waals surface area contributed by atoms with E-state index in [2.05, 4.69) is 5.32 Å². The summed E-state index contributed by atoms with van der Waals surface area (Å²) in [5, 5.41) is 10.5. The van der Waals surface area contributed by atoms with E-state index in [1.165, 1.54) is 0 Å². The van der Waals surface area contributed by atoms with Gasteiger partial charge in [-0.3, -0.25) is 13.8 Å². The van der Waals surface area contributed by atoms with Crippen molar-refractivity contribution in [1.82, 2.24) is 5.32 Å². The Bertz CT molecular complexity index is 288. The molecule has 0 aromatic rings. The lowest BCUT2D eigenvalue weighted by Crippen LogP contribution is -2.35. The van der Waals surface area contributed by atoms with Crippen LogP contribution in [0.1, 0.15) is 26.2 Å². The van der Waals surface area contributed by atoms with Crippen LogP contribution in [0.25, 0.3) is 0 Å². The smallest absolute Gasteiger partial charge is 0.319 e. The zero-order chi connectivity index (χ0) is 11.4. The first-order valence-corrected chi connectivity index (χ1v) is 6.32. The lowest BCUT2D eigenvalue weighted by Gasteiger charge is -2.09. The highest BCUT2D eigenvalue weighted by Crippen LogP contribution is 2.18. The van der Waals surface area contributed by atoms with Gasteiger partial charge in [-0.05, 0) is 19.3 Å². The Balaban J connectivity index is 2.37. The molecule has 15 heavy (non-hydrogen) atoms. The largest absolute Gasteiger partial charge is 0.480 e. The minimum atomic E-state index is -1.62. The second-order valence-corrected chi connectivity index (χ2v) is 5.22. The third-order valence-electron chi connectivity index (χ3n) is 2.18. The van der Waals surface area contributed by atoms with Crippen molar-refractivity contribution in [3.63, 3.8) is 0 Å². The molecule has 1 saturated carbocycles. The van der Waals surface area contributed by atoms with Crippen molar-refractivity contribution in [2.75, 3.05) is 5.75 Å². The molecule has 1 amide bonds. The first-order chi connectivity index (χ1) is 7.04. The minimum Gasteiger partial charge on any atom is -0.480 e. The van der Waals surface area contributed by atoms with Crippen molar-refractivity contribution in [3.05, 3.63) is 0 Å². The summed E-state index contributed by atoms with van der Waals surface area (Å²) in [5.74, 6) is -1.62. The summed E-state index contributed by atoms with van der Waals surface area (Å²) < 4.78 is 11.5. The number of amides is 1. The van der Waals surface area contributed by atoms with Crippen LogP contribution in [-0.2, 0) is 20.4 Å². The van der Waals surface area contributed by atoms with Gasteiger partial charge in [-0.25, -0.2) is 0 Å². The third-order valence-corrected chi connectivity index (χ3v) is 3.90. The highest BCUT2D eigenvalue weighted by atomic mass is 32.2. The zero-order valence-electron chi connectivity index (χ0n) is 8.56. The molecule has 0 spiro atoms. The topological polar surface area (TPSA) is 83.5 Å². The Morgan fingerprint density at radius 1 is 1.53 bits per heavy atom. The maximum absolute atomic E-state index is 11.5. The Morgan fingerprint density at radius 3 is 2.53 bits per heavy atom. The van der Waals surface area contributed by atoms with Crippen LogP contribution in [0.3, 0.4) is 0 Å². The first kappa shape index (κ1) is 12.2. The van der Waals surface area contributed by atoms with Gasteiger partial charge in [0, 0.05) is 16.8 Å². The molecule has 0 saturated heterocycles. The molecular weight excluding hydrogens is 218 g/mol. The zero-order valence-corrected chi connectivity index (χ0v) is 9.38. The molecule has 1 aliphatic rings. The summed E-state index contributed by atoms with van der Waals surface area (Å²) in [7, 11) is -1.62. The summed E-state index contributed by atoms with van der Waals surface area (Å²) in [4.78, 5) is 21.9. The number of aliphatic carboxylic acids is 1. The predicted molar refractivity (Wildman–Crippen MR) is 55.9 cm³/mol. The lowest BCUT2D eigenvalue weighted by molar-refractivity contribution is -0.136. The first-order valence-electron chi connectivity index (χ1n) is 4.94. The standard InChI is InChI=1S/C9H15NO4S/c1-2-7(9(12)13)15(14)5-8(11)10-6-3-4-6/h6-7H,2-5H2,1H3,(H,10,11)(H,12,13). The average Bonchev–Trinajstić information content (AvgIpc) is 2.87. The van der Waals surface area contributed by atoms with Gasteiger partial charge in [0.2, 0.25) is 5.91 Å². The molecule has 2 atom stereocenters. The van der Waals surface area contributed by atoms with E-state index < -0.39 is 22.0 Å². The van der Waals surface area contributed by atoms with E-state index in [1.54, 1.807) is 6.92 Å². The Kier molecular flexibility index (Phi) is 4.26. The van der Waals surface area contributed by atoms with E-state index in [4.69, 9.17) is 5.11 Å². The normalized spacial score (nSPS) is 19.3. The number of carbonyl (C=O) groups excluding carboxylic acids is 1. The van der Waals surface area contributed by atoms with E-state index >= 15 is 0 Å². The fraction of sp³-hybridized carbons (Fsp3) is 0.778. The Hall–Kier alpha value is -0.910. The second kappa shape index (κ2) is 5.25. The number of rotatable bonds is 6. The number of carbonyl (C=O) groups is 2. The van der Waals surface area contributed by atoms with Crippen LogP contribution >= 0.6 is 0 Å². The fourth-order valence-corrected chi connectivity index (χ4v) is 2.34. The molecule has 1 fully saturated rings. The van der Waals surface area contributed by atoms with Gasteiger partial charge in [-0.2, -0.15) is 0 Å². The van der Waals surface area contributed by atoms with Gasteiger partial charge in [0.05, 0.1) is 0 Å². The maximum atomic E-state index is 11.5. The summed E-state index contributed by atoms with van der Waals surface area (Å²) in [5.41, 5.74) is 0. The highest BCUT2D eigenvalue weighted by molar-refractivity contribution is 7.87. The molecule has 1 aliphatic carbocycles. The third kappa shape index (κ3) is 3.99. The van der Waals surface area contributed by atoms with Crippen molar-refractivity contribution in [3.8, 4) is 0 Å². The molecule has 0 aromatic heterocycles. The highest BCUT2D eigenvalue weighted by Gasteiger charge is 2.27. The van der Waals surface area contributed by atoms with Gasteiger partial charge in [0.15, 0.2) is 0 Å². The van der Waals surface area contributed by atoms with Crippen molar-refractivity contribution < 1.29 is 18.9 Å². The molecular formula is C9H15NO4S. The monoisotopic (exact) mass is 233 g/mol. The lowest BCUT2D eigenvalue weighted by atomic mass is 10.3. The molecule has 0 aromatic carbocycles. The van der Waals surface area contributed by atoms with E-state index in [0.29, 0.717) is 0 Å². The van der Waals surface area contributed by atoms with Crippen LogP contribution in [-0.4, -0.2) is 38.2 Å². The predicted octanol–water partition coefficient (Wildman–Crippen LogP) is -0.123. The molecule has 2 unspecified atom stereocenters. The van der Waals surface area contributed by atoms with Crippen molar-refractivity contribution in [1.29, 1.82) is 0 Å². The van der Waals surface area contributed by atoms with E-state index in [-0.39, 0.29) is 24.1 Å². The van der Waals surface area contributed by atoms with Crippen LogP contribution in [0.15, 0.2) is 0 Å². The van der Waals surface area contributed by atoms with Crippen molar-refractivity contribution in [2.24, 2.45) is 0 Å². The van der Waals surface area contributed by atoms with E-state index in [9.17, 15) is 13.8 Å². The van der Waals surface area contributed by atoms with Gasteiger partial charge in [-0.15, -0.1) is 0 Å². The van der Waals surface area contributed by atoms with Crippen molar-refractivity contribution in [2.45, 2.75) is 37.5 Å². The molecule has 0 radical (unpaired) electrons. The quantitative estimate of drug-likeness (QED) is 0.669. The van der Waals surface area contributed by atoms with E-state index in [1.807, 2.05) is 0 Å². The molecule has 5 nitrogen and oxygen atoms in total. The van der Waals surface area contributed by atoms with Gasteiger partial charge in [0.25, 0.3) is 0 Å². The minimum absolute atomic E-state index is 0.207. The van der Waals surface area contributed by atoms with Gasteiger partial charge in [0.1, 0.15) is 11.0 Å². The molecule has 0 heterocycles. The second-order valence-electron chi connectivity index (χ2n) is 3.60. The van der Waals surface area contributed by atoms with Crippen LogP contribution in [0.5, 0.6) is 0 Å². The van der Waals surface area contributed by atoms with Crippen LogP contribution in [0, 0.1) is 0 Å². The fourth-order valence-electron chi connectivity index (χ4n) is 1.20. The number of nitrogens with one attached hydrogen (secondary N) is 1. The average molecular weight is 233 g/mol.